The number of rotatable bonds is 21. The highest BCUT2D eigenvalue weighted by atomic mass is 16.8. The molecule has 0 heterocycles. The van der Waals surface area contributed by atoms with Crippen molar-refractivity contribution in [2.45, 2.75) is 38.5 Å². The fourth-order valence-corrected chi connectivity index (χ4v) is 2.34. The number of amides is 2. The lowest BCUT2D eigenvalue weighted by atomic mass is 10.2. The molecule has 0 aromatic carbocycles. The van der Waals surface area contributed by atoms with Gasteiger partial charge in [0.05, 0.1) is 37.6 Å². The Morgan fingerprint density at radius 2 is 1.40 bits per heavy atom. The van der Waals surface area contributed by atoms with Crippen molar-refractivity contribution in [3.63, 3.8) is 0 Å². The molecular weight excluding hydrogens is 528 g/mol. The largest absolute Gasteiger partial charge is 0.511 e. The minimum atomic E-state index is -0.946. The summed E-state index contributed by atoms with van der Waals surface area (Å²) < 4.78 is 19.3. The molecule has 0 atom stereocenters. The van der Waals surface area contributed by atoms with E-state index in [1.54, 1.807) is 14.1 Å². The van der Waals surface area contributed by atoms with Gasteiger partial charge in [0.15, 0.2) is 6.67 Å². The van der Waals surface area contributed by atoms with E-state index < -0.39 is 25.1 Å². The van der Waals surface area contributed by atoms with Crippen LogP contribution in [0.15, 0.2) is 34.9 Å². The molecule has 0 bridgehead atoms. The first kappa shape index (κ1) is 35.4. The van der Waals surface area contributed by atoms with Gasteiger partial charge in [-0.15, -0.1) is 0 Å². The van der Waals surface area contributed by atoms with Crippen molar-refractivity contribution < 1.29 is 33.3 Å². The van der Waals surface area contributed by atoms with E-state index in [0.29, 0.717) is 32.4 Å². The van der Waals surface area contributed by atoms with Crippen LogP contribution in [-0.2, 0) is 18.9 Å². The Kier molecular flexibility index (Phi) is 25.7. The van der Waals surface area contributed by atoms with E-state index in [0.717, 1.165) is 19.3 Å². The van der Waals surface area contributed by atoms with Crippen molar-refractivity contribution in [3.05, 3.63) is 0 Å². The lowest BCUT2D eigenvalue weighted by Gasteiger charge is -2.08. The SMILES string of the molecule is CN=C=NCN=C=NCCCCCNC(=O)OCOC(=O)OCCCCCOC(=O)NCN=CNCN=C=NC. The number of carbonyl (C=O) groups excluding carboxylic acids is 3. The van der Waals surface area contributed by atoms with Gasteiger partial charge in [-0.3, -0.25) is 4.99 Å². The number of unbranched alkanes of at least 4 members (excludes halogenated alkanes) is 4. The second-order valence-corrected chi connectivity index (χ2v) is 7.23. The van der Waals surface area contributed by atoms with E-state index in [2.05, 4.69) is 73.7 Å². The highest BCUT2D eigenvalue weighted by Gasteiger charge is 2.07. The van der Waals surface area contributed by atoms with Crippen LogP contribution in [0.1, 0.15) is 38.5 Å². The summed E-state index contributed by atoms with van der Waals surface area (Å²) in [6, 6.07) is 7.35. The molecule has 0 saturated carbocycles. The van der Waals surface area contributed by atoms with Crippen LogP contribution in [-0.4, -0.2) is 110 Å². The van der Waals surface area contributed by atoms with Crippen LogP contribution in [0.25, 0.3) is 0 Å². The van der Waals surface area contributed by atoms with E-state index >= 15 is 0 Å². The van der Waals surface area contributed by atoms with Gasteiger partial charge in [0.25, 0.3) is 0 Å². The van der Waals surface area contributed by atoms with Crippen LogP contribution >= 0.6 is 0 Å². The van der Waals surface area contributed by atoms with Gasteiger partial charge in [0, 0.05) is 27.2 Å². The molecule has 0 saturated heterocycles. The van der Waals surface area contributed by atoms with Gasteiger partial charge in [-0.2, -0.15) is 0 Å². The predicted octanol–water partition coefficient (Wildman–Crippen LogP) is 2.16. The monoisotopic (exact) mass is 566 g/mol. The Labute approximate surface area is 233 Å². The lowest BCUT2D eigenvalue weighted by Crippen LogP contribution is -2.27. The number of ether oxygens (including phenoxy) is 4. The average molecular weight is 567 g/mol. The fourth-order valence-electron chi connectivity index (χ4n) is 2.34. The van der Waals surface area contributed by atoms with Crippen molar-refractivity contribution in [2.24, 2.45) is 34.9 Å². The van der Waals surface area contributed by atoms with E-state index in [1.807, 2.05) is 0 Å². The Bertz CT molecular complexity index is 923. The van der Waals surface area contributed by atoms with Gasteiger partial charge in [-0.25, -0.2) is 44.3 Å². The van der Waals surface area contributed by atoms with Gasteiger partial charge < -0.3 is 34.9 Å². The summed E-state index contributed by atoms with van der Waals surface area (Å²) in [4.78, 5) is 60.9. The van der Waals surface area contributed by atoms with Crippen LogP contribution in [0.5, 0.6) is 0 Å². The fraction of sp³-hybridized carbons (Fsp3) is 0.696. The highest BCUT2D eigenvalue weighted by Crippen LogP contribution is 1.99. The molecule has 0 aromatic heterocycles. The Balaban J connectivity index is 3.52. The molecule has 0 fully saturated rings. The summed E-state index contributed by atoms with van der Waals surface area (Å²) in [5, 5.41) is 7.76. The summed E-state index contributed by atoms with van der Waals surface area (Å²) in [6.45, 7) is 1.28. The average Bonchev–Trinajstić information content (AvgIpc) is 2.94. The second kappa shape index (κ2) is 29.0. The van der Waals surface area contributed by atoms with Crippen molar-refractivity contribution >= 4 is 42.7 Å². The maximum absolute atomic E-state index is 11.6. The van der Waals surface area contributed by atoms with Crippen LogP contribution in [0.4, 0.5) is 14.4 Å². The first-order valence-electron chi connectivity index (χ1n) is 12.5. The van der Waals surface area contributed by atoms with E-state index in [-0.39, 0.29) is 33.2 Å². The molecule has 0 aliphatic rings. The van der Waals surface area contributed by atoms with Crippen LogP contribution in [0.2, 0.25) is 0 Å². The number of aliphatic imine (C=N–C) groups is 7. The Morgan fingerprint density at radius 1 is 0.700 bits per heavy atom. The second-order valence-electron chi connectivity index (χ2n) is 7.23. The van der Waals surface area contributed by atoms with Crippen molar-refractivity contribution in [3.8, 4) is 0 Å². The number of hydrogen-bond donors (Lipinski definition) is 3. The lowest BCUT2D eigenvalue weighted by molar-refractivity contribution is -0.0150. The molecular formula is C23H38N10O7. The summed E-state index contributed by atoms with van der Waals surface area (Å²) in [6.07, 6.45) is 3.35. The third-order valence-corrected chi connectivity index (χ3v) is 4.12. The summed E-state index contributed by atoms with van der Waals surface area (Å²) in [5.41, 5.74) is 0. The molecule has 0 spiro atoms. The molecule has 0 aliphatic heterocycles. The maximum Gasteiger partial charge on any atom is 0.511 e. The van der Waals surface area contributed by atoms with Crippen molar-refractivity contribution in [2.75, 3.05) is 67.2 Å². The van der Waals surface area contributed by atoms with E-state index in [1.165, 1.54) is 6.34 Å². The molecule has 0 aromatic rings. The normalized spacial score (nSPS) is 9.55. The Hall–Kier alpha value is -4.58. The zero-order valence-electron chi connectivity index (χ0n) is 23.0. The van der Waals surface area contributed by atoms with Gasteiger partial charge in [0.1, 0.15) is 13.3 Å². The van der Waals surface area contributed by atoms with Gasteiger partial charge >= 0.3 is 18.3 Å². The molecule has 0 radical (unpaired) electrons. The third kappa shape index (κ3) is 28.0. The topological polar surface area (TPSA) is 211 Å². The van der Waals surface area contributed by atoms with Crippen molar-refractivity contribution in [1.29, 1.82) is 0 Å². The smallest absolute Gasteiger partial charge is 0.450 e. The molecule has 2 amide bonds. The van der Waals surface area contributed by atoms with Gasteiger partial charge in [-0.05, 0) is 38.5 Å². The molecule has 0 aliphatic carbocycles. The quantitative estimate of drug-likeness (QED) is 0.0467. The zero-order valence-corrected chi connectivity index (χ0v) is 23.0. The molecule has 40 heavy (non-hydrogen) atoms. The molecule has 17 nitrogen and oxygen atoms in total. The highest BCUT2D eigenvalue weighted by molar-refractivity contribution is 5.67. The van der Waals surface area contributed by atoms with Crippen molar-refractivity contribution in [1.82, 2.24) is 16.0 Å². The van der Waals surface area contributed by atoms with E-state index in [4.69, 9.17) is 14.2 Å². The van der Waals surface area contributed by atoms with Gasteiger partial charge in [0.2, 0.25) is 6.79 Å². The number of hydrogen-bond acceptors (Lipinski definition) is 14. The number of nitrogens with one attached hydrogen (secondary N) is 3. The molecule has 222 valence electrons. The maximum atomic E-state index is 11.6. The molecule has 0 unspecified atom stereocenters. The van der Waals surface area contributed by atoms with E-state index in [9.17, 15) is 14.4 Å². The molecule has 3 N–H and O–H groups in total. The minimum absolute atomic E-state index is 0.0545. The van der Waals surface area contributed by atoms with Crippen LogP contribution in [0, 0.1) is 0 Å². The number of alkyl carbamates (subject to hydrolysis) is 2. The number of nitrogens with zero attached hydrogens (tertiary/aromatic N) is 7. The molecule has 0 rings (SSSR count). The first-order chi connectivity index (χ1) is 19.6. The van der Waals surface area contributed by atoms with Gasteiger partial charge in [-0.1, -0.05) is 0 Å². The van der Waals surface area contributed by atoms with Crippen LogP contribution < -0.4 is 16.0 Å². The summed E-state index contributed by atoms with van der Waals surface area (Å²) in [7, 11) is 3.13. The predicted molar refractivity (Wildman–Crippen MR) is 147 cm³/mol. The first-order valence-corrected chi connectivity index (χ1v) is 12.5. The third-order valence-electron chi connectivity index (χ3n) is 4.12. The zero-order chi connectivity index (χ0) is 29.4. The minimum Gasteiger partial charge on any atom is -0.450 e. The summed E-state index contributed by atoms with van der Waals surface area (Å²) >= 11 is 0. The number of carbonyl (C=O) groups is 3. The standard InChI is InChI=1S/C23H38N10O7/c1-24-13-27-16-29-15-26-9-5-3-6-10-32-21(34)39-20-40-23(36)38-12-8-4-7-11-37-22(35)33-19-31-18-30-17-28-14-25-2/h18H,3-12,16-17,19-20H2,1-2H3,(H,30,31)(H,32,34)(H,33,35). The van der Waals surface area contributed by atoms with Crippen LogP contribution in [0.3, 0.4) is 0 Å². The Morgan fingerprint density at radius 3 is 2.20 bits per heavy atom. The summed E-state index contributed by atoms with van der Waals surface area (Å²) in [5.74, 6) is 0. The molecule has 17 heteroatoms.